The number of methoxy groups -OCH3 is 2. The van der Waals surface area contributed by atoms with Crippen molar-refractivity contribution in [2.24, 2.45) is 0 Å². The summed E-state index contributed by atoms with van der Waals surface area (Å²) in [5.41, 5.74) is 0. The Labute approximate surface area is 114 Å². The molecule has 100 valence electrons. The van der Waals surface area contributed by atoms with Crippen molar-refractivity contribution in [3.63, 3.8) is 0 Å². The number of hydrogen-bond donors (Lipinski definition) is 0. The summed E-state index contributed by atoms with van der Waals surface area (Å²) < 4.78 is 27.4. The summed E-state index contributed by atoms with van der Waals surface area (Å²) in [5, 5.41) is 0. The molecule has 4 nitrogen and oxygen atoms in total. The van der Waals surface area contributed by atoms with Crippen LogP contribution in [0.25, 0.3) is 0 Å². The zero-order valence-corrected chi connectivity index (χ0v) is 11.5. The van der Waals surface area contributed by atoms with Crippen LogP contribution in [0, 0.1) is 0 Å². The van der Waals surface area contributed by atoms with Gasteiger partial charge in [0.1, 0.15) is 17.2 Å². The van der Waals surface area contributed by atoms with Crippen LogP contribution in [0.2, 0.25) is 0 Å². The second-order valence-corrected chi connectivity index (χ2v) is 4.78. The first kappa shape index (κ1) is 13.4. The molecule has 2 aromatic carbocycles. The van der Waals surface area contributed by atoms with Crippen molar-refractivity contribution in [1.29, 1.82) is 0 Å². The molecular formula is C14H14O4S. The van der Waals surface area contributed by atoms with Crippen molar-refractivity contribution in [2.45, 2.75) is 4.90 Å². The Bertz CT molecular complexity index is 549. The quantitative estimate of drug-likeness (QED) is 0.843. The van der Waals surface area contributed by atoms with E-state index in [0.717, 1.165) is 5.75 Å². The molecule has 0 saturated heterocycles. The summed E-state index contributed by atoms with van der Waals surface area (Å²) >= 11 is -1.55. The number of benzene rings is 2. The molecule has 0 heterocycles. The van der Waals surface area contributed by atoms with Gasteiger partial charge in [-0.1, -0.05) is 0 Å². The Morgan fingerprint density at radius 2 is 1.16 bits per heavy atom. The molecule has 0 N–H and O–H groups in total. The van der Waals surface area contributed by atoms with E-state index in [0.29, 0.717) is 16.4 Å². The van der Waals surface area contributed by atoms with Crippen LogP contribution in [0.1, 0.15) is 0 Å². The zero-order valence-electron chi connectivity index (χ0n) is 10.7. The normalized spacial score (nSPS) is 11.7. The molecule has 0 radical (unpaired) electrons. The Kier molecular flexibility index (Phi) is 4.41. The average molecular weight is 278 g/mol. The summed E-state index contributed by atoms with van der Waals surface area (Å²) in [5.74, 6) is 1.96. The fourth-order valence-electron chi connectivity index (χ4n) is 1.45. The van der Waals surface area contributed by atoms with Crippen molar-refractivity contribution in [3.8, 4) is 17.2 Å². The molecule has 0 spiro atoms. The molecule has 0 aliphatic rings. The van der Waals surface area contributed by atoms with Crippen LogP contribution in [0.3, 0.4) is 0 Å². The molecule has 0 fully saturated rings. The van der Waals surface area contributed by atoms with E-state index >= 15 is 0 Å². The third-order valence-electron chi connectivity index (χ3n) is 2.48. The highest BCUT2D eigenvalue weighted by Gasteiger charge is 2.07. The minimum Gasteiger partial charge on any atom is -0.497 e. The lowest BCUT2D eigenvalue weighted by Crippen LogP contribution is -2.00. The van der Waals surface area contributed by atoms with Gasteiger partial charge in [-0.3, -0.25) is 0 Å². The van der Waals surface area contributed by atoms with Crippen molar-refractivity contribution >= 4 is 11.1 Å². The van der Waals surface area contributed by atoms with E-state index in [9.17, 15) is 4.21 Å². The molecule has 0 saturated carbocycles. The van der Waals surface area contributed by atoms with E-state index < -0.39 is 11.1 Å². The second-order valence-electron chi connectivity index (χ2n) is 3.67. The molecule has 1 unspecified atom stereocenters. The average Bonchev–Trinajstić information content (AvgIpc) is 2.48. The summed E-state index contributed by atoms with van der Waals surface area (Å²) in [4.78, 5) is 0.580. The Morgan fingerprint density at radius 3 is 1.63 bits per heavy atom. The van der Waals surface area contributed by atoms with Gasteiger partial charge in [-0.15, -0.1) is 0 Å². The van der Waals surface area contributed by atoms with Gasteiger partial charge in [0.25, 0.3) is 0 Å². The Hall–Kier alpha value is -2.01. The molecule has 1 atom stereocenters. The first-order chi connectivity index (χ1) is 9.22. The first-order valence-corrected chi connectivity index (χ1v) is 6.68. The number of hydrogen-bond acceptors (Lipinski definition) is 4. The van der Waals surface area contributed by atoms with Crippen molar-refractivity contribution in [2.75, 3.05) is 14.2 Å². The molecular weight excluding hydrogens is 264 g/mol. The minimum absolute atomic E-state index is 0.523. The first-order valence-electron chi connectivity index (χ1n) is 5.61. The van der Waals surface area contributed by atoms with Crippen LogP contribution in [-0.2, 0) is 11.1 Å². The van der Waals surface area contributed by atoms with Gasteiger partial charge in [0.15, 0.2) is 0 Å². The minimum atomic E-state index is -1.55. The third-order valence-corrected chi connectivity index (χ3v) is 3.48. The Morgan fingerprint density at radius 1 is 0.737 bits per heavy atom. The van der Waals surface area contributed by atoms with Crippen LogP contribution in [-0.4, -0.2) is 18.4 Å². The van der Waals surface area contributed by atoms with Crippen molar-refractivity contribution < 1.29 is 17.9 Å². The predicted molar refractivity (Wildman–Crippen MR) is 73.0 cm³/mol. The molecule has 0 amide bonds. The highest BCUT2D eigenvalue weighted by Crippen LogP contribution is 2.20. The van der Waals surface area contributed by atoms with Gasteiger partial charge in [-0.2, -0.15) is 0 Å². The highest BCUT2D eigenvalue weighted by atomic mass is 32.2. The molecule has 19 heavy (non-hydrogen) atoms. The smallest absolute Gasteiger partial charge is 0.240 e. The van der Waals surface area contributed by atoms with E-state index in [1.54, 1.807) is 62.8 Å². The van der Waals surface area contributed by atoms with Crippen molar-refractivity contribution in [1.82, 2.24) is 0 Å². The van der Waals surface area contributed by atoms with Crippen LogP contribution in [0.4, 0.5) is 0 Å². The topological polar surface area (TPSA) is 44.8 Å². The fraction of sp³-hybridized carbons (Fsp3) is 0.143. The predicted octanol–water partition coefficient (Wildman–Crippen LogP) is 2.81. The maximum Gasteiger partial charge on any atom is 0.240 e. The number of ether oxygens (including phenoxy) is 2. The van der Waals surface area contributed by atoms with E-state index in [2.05, 4.69) is 0 Å². The van der Waals surface area contributed by atoms with E-state index in [4.69, 9.17) is 13.7 Å². The lowest BCUT2D eigenvalue weighted by Gasteiger charge is -2.06. The van der Waals surface area contributed by atoms with Crippen LogP contribution >= 0.6 is 0 Å². The van der Waals surface area contributed by atoms with Gasteiger partial charge in [0, 0.05) is 0 Å². The largest absolute Gasteiger partial charge is 0.497 e. The SMILES string of the molecule is COc1ccc(OS(=O)c2ccc(OC)cc2)cc1. The van der Waals surface area contributed by atoms with Gasteiger partial charge < -0.3 is 13.7 Å². The molecule has 0 aliphatic heterocycles. The van der Waals surface area contributed by atoms with Gasteiger partial charge >= 0.3 is 0 Å². The van der Waals surface area contributed by atoms with Crippen LogP contribution in [0.5, 0.6) is 17.2 Å². The maximum atomic E-state index is 12.0. The van der Waals surface area contributed by atoms with Crippen molar-refractivity contribution in [3.05, 3.63) is 48.5 Å². The summed E-state index contributed by atoms with van der Waals surface area (Å²) in [7, 11) is 3.17. The van der Waals surface area contributed by atoms with E-state index in [-0.39, 0.29) is 0 Å². The lowest BCUT2D eigenvalue weighted by molar-refractivity contribution is 0.414. The molecule has 0 aliphatic carbocycles. The van der Waals surface area contributed by atoms with E-state index in [1.165, 1.54) is 0 Å². The summed E-state index contributed by atoms with van der Waals surface area (Å²) in [6, 6.07) is 13.8. The van der Waals surface area contributed by atoms with Gasteiger partial charge in [0.05, 0.1) is 19.1 Å². The van der Waals surface area contributed by atoms with Gasteiger partial charge in [0.2, 0.25) is 11.1 Å². The molecule has 0 bridgehead atoms. The molecule has 2 rings (SSSR count). The third kappa shape index (κ3) is 3.48. The lowest BCUT2D eigenvalue weighted by atomic mass is 10.3. The maximum absolute atomic E-state index is 12.0. The molecule has 5 heteroatoms. The number of rotatable bonds is 5. The summed E-state index contributed by atoms with van der Waals surface area (Å²) in [6.45, 7) is 0. The van der Waals surface area contributed by atoms with Crippen LogP contribution in [0.15, 0.2) is 53.4 Å². The van der Waals surface area contributed by atoms with E-state index in [1.807, 2.05) is 0 Å². The fourth-order valence-corrected chi connectivity index (χ4v) is 2.19. The summed E-state index contributed by atoms with van der Waals surface area (Å²) in [6.07, 6.45) is 0. The highest BCUT2D eigenvalue weighted by molar-refractivity contribution is 7.80. The zero-order chi connectivity index (χ0) is 13.7. The Balaban J connectivity index is 2.06. The second kappa shape index (κ2) is 6.24. The van der Waals surface area contributed by atoms with Gasteiger partial charge in [-0.05, 0) is 48.5 Å². The van der Waals surface area contributed by atoms with Gasteiger partial charge in [-0.25, -0.2) is 4.21 Å². The standard InChI is InChI=1S/C14H14O4S/c1-16-11-3-5-13(6-4-11)18-19(15)14-9-7-12(17-2)8-10-14/h3-10H,1-2H3. The molecule has 2 aromatic rings. The van der Waals surface area contributed by atoms with Crippen LogP contribution < -0.4 is 13.7 Å². The monoisotopic (exact) mass is 278 g/mol. The molecule has 0 aromatic heterocycles.